The zero-order valence-electron chi connectivity index (χ0n) is 31.3. The van der Waals surface area contributed by atoms with Crippen LogP contribution in [0.25, 0.3) is 61.0 Å². The van der Waals surface area contributed by atoms with Crippen LogP contribution < -0.4 is 0 Å². The highest BCUT2D eigenvalue weighted by Crippen LogP contribution is 2.56. The van der Waals surface area contributed by atoms with Crippen LogP contribution in [0.5, 0.6) is 0 Å². The summed E-state index contributed by atoms with van der Waals surface area (Å²) in [5, 5.41) is 5.01. The van der Waals surface area contributed by atoms with Crippen molar-refractivity contribution in [2.45, 2.75) is 19.3 Å². The van der Waals surface area contributed by atoms with E-state index in [2.05, 4.69) is 208 Å². The first-order valence-electron chi connectivity index (χ1n) is 19.2. The lowest BCUT2D eigenvalue weighted by molar-refractivity contribution is 0.768. The topological polar surface area (TPSA) is 0 Å². The van der Waals surface area contributed by atoms with Gasteiger partial charge in [0.1, 0.15) is 0 Å². The zero-order valence-corrected chi connectivity index (χ0v) is 31.3. The zero-order chi connectivity index (χ0) is 37.4. The molecule has 0 aromatic heterocycles. The molecule has 0 aliphatic heterocycles. The van der Waals surface area contributed by atoms with E-state index in [1.54, 1.807) is 0 Å². The Balaban J connectivity index is 1.18. The fourth-order valence-electron chi connectivity index (χ4n) is 8.98. The predicted molar refractivity (Wildman–Crippen MR) is 236 cm³/mol. The van der Waals surface area contributed by atoms with Gasteiger partial charge in [0.25, 0.3) is 0 Å². The Morgan fingerprint density at radius 3 is 1.38 bits per heavy atom. The van der Waals surface area contributed by atoms with Crippen LogP contribution in [0.2, 0.25) is 0 Å². The minimum Gasteiger partial charge on any atom is -0.0912 e. The molecule has 0 atom stereocenters. The van der Waals surface area contributed by atoms with Crippen LogP contribution in [0.15, 0.2) is 218 Å². The van der Waals surface area contributed by atoms with E-state index in [0.717, 1.165) is 16.7 Å². The molecular weight excluding hydrogens is 661 g/mol. The van der Waals surface area contributed by atoms with Crippen molar-refractivity contribution in [2.75, 3.05) is 0 Å². The smallest absolute Gasteiger partial charge is 0.0713 e. The average Bonchev–Trinajstić information content (AvgIpc) is 3.55. The summed E-state index contributed by atoms with van der Waals surface area (Å²) in [6.07, 6.45) is 10.5. The minimum atomic E-state index is -0.419. The van der Waals surface area contributed by atoms with Gasteiger partial charge >= 0.3 is 0 Å². The molecule has 0 saturated heterocycles. The minimum absolute atomic E-state index is 0.419. The maximum atomic E-state index is 4.22. The van der Waals surface area contributed by atoms with Gasteiger partial charge in [-0.1, -0.05) is 213 Å². The van der Waals surface area contributed by atoms with Crippen LogP contribution >= 0.6 is 0 Å². The third-order valence-electron chi connectivity index (χ3n) is 11.4. The summed E-state index contributed by atoms with van der Waals surface area (Å²) in [5.74, 6) is 0. The maximum absolute atomic E-state index is 4.22. The molecule has 8 aromatic carbocycles. The van der Waals surface area contributed by atoms with Crippen LogP contribution in [0.3, 0.4) is 0 Å². The third kappa shape index (κ3) is 5.61. The fraction of sp³-hybridized carbons (Fsp3) is 0.0545. The normalized spacial score (nSPS) is 13.5. The van der Waals surface area contributed by atoms with Gasteiger partial charge in [0, 0.05) is 0 Å². The molecule has 1 aliphatic rings. The number of hydrogen-bond donors (Lipinski definition) is 0. The van der Waals surface area contributed by atoms with E-state index in [0.29, 0.717) is 0 Å². The Bertz CT molecular complexity index is 2700. The second-order valence-corrected chi connectivity index (χ2v) is 14.4. The quantitative estimate of drug-likeness (QED) is 0.109. The van der Waals surface area contributed by atoms with Crippen molar-refractivity contribution in [1.29, 1.82) is 0 Å². The summed E-state index contributed by atoms with van der Waals surface area (Å²) < 4.78 is 0. The van der Waals surface area contributed by atoms with Gasteiger partial charge in [-0.05, 0) is 108 Å². The highest BCUT2D eigenvalue weighted by Gasteiger charge is 2.45. The predicted octanol–water partition coefficient (Wildman–Crippen LogP) is 14.8. The molecule has 0 amide bonds. The summed E-state index contributed by atoms with van der Waals surface area (Å²) >= 11 is 0. The lowest BCUT2D eigenvalue weighted by Gasteiger charge is -2.34. The van der Waals surface area contributed by atoms with Gasteiger partial charge in [0.15, 0.2) is 0 Å². The Hall–Kier alpha value is -6.76. The summed E-state index contributed by atoms with van der Waals surface area (Å²) in [6, 6.07) is 65.1. The fourth-order valence-corrected chi connectivity index (χ4v) is 8.98. The van der Waals surface area contributed by atoms with Gasteiger partial charge in [0.2, 0.25) is 0 Å². The SMILES string of the molecule is C=C(C=CC)C(C=Cc1ccc(-c2c3ccccc3c(-c3ccc(C4(c5ccccc5)c5ccccc5-c5ccccc54)cc3)c3ccccc23)cc1)=CC. The van der Waals surface area contributed by atoms with E-state index in [9.17, 15) is 0 Å². The Labute approximate surface area is 324 Å². The molecule has 55 heavy (non-hydrogen) atoms. The van der Waals surface area contributed by atoms with Crippen molar-refractivity contribution in [3.05, 3.63) is 246 Å². The van der Waals surface area contributed by atoms with Crippen LogP contribution in [0.4, 0.5) is 0 Å². The number of allylic oxidation sites excluding steroid dienone is 6. The van der Waals surface area contributed by atoms with Gasteiger partial charge in [0.05, 0.1) is 5.41 Å². The van der Waals surface area contributed by atoms with Gasteiger partial charge in [-0.15, -0.1) is 0 Å². The first-order chi connectivity index (χ1) is 27.1. The molecule has 0 saturated carbocycles. The molecular formula is C55H42. The first-order valence-corrected chi connectivity index (χ1v) is 19.2. The summed E-state index contributed by atoms with van der Waals surface area (Å²) in [5.41, 5.74) is 15.6. The number of fused-ring (bicyclic) bond motifs is 5. The molecule has 0 heterocycles. The van der Waals surface area contributed by atoms with Crippen molar-refractivity contribution in [3.63, 3.8) is 0 Å². The van der Waals surface area contributed by atoms with E-state index in [1.807, 2.05) is 19.1 Å². The number of hydrogen-bond acceptors (Lipinski definition) is 0. The molecule has 0 fully saturated rings. The van der Waals surface area contributed by atoms with Gasteiger partial charge in [-0.3, -0.25) is 0 Å². The van der Waals surface area contributed by atoms with E-state index >= 15 is 0 Å². The second-order valence-electron chi connectivity index (χ2n) is 14.4. The van der Waals surface area contributed by atoms with E-state index in [4.69, 9.17) is 0 Å². The Morgan fingerprint density at radius 1 is 0.455 bits per heavy atom. The molecule has 1 aliphatic carbocycles. The van der Waals surface area contributed by atoms with Crippen molar-refractivity contribution < 1.29 is 0 Å². The highest BCUT2D eigenvalue weighted by molar-refractivity contribution is 6.21. The highest BCUT2D eigenvalue weighted by atomic mass is 14.5. The van der Waals surface area contributed by atoms with Crippen LogP contribution in [0, 0.1) is 0 Å². The second kappa shape index (κ2) is 14.2. The average molecular weight is 703 g/mol. The lowest BCUT2D eigenvalue weighted by atomic mass is 9.67. The summed E-state index contributed by atoms with van der Waals surface area (Å²) in [6.45, 7) is 8.29. The van der Waals surface area contributed by atoms with Crippen molar-refractivity contribution in [3.8, 4) is 33.4 Å². The number of rotatable bonds is 8. The standard InChI is InChI=1S/C55H42/c1-4-17-38(3)40(5-2)31-28-39-29-32-41(33-30-39)53-47-22-9-11-24-49(47)54(50-25-12-10-23-48(50)53)42-34-36-44(37-35-42)55(43-18-7-6-8-19-43)51-26-15-13-20-45(51)46-21-14-16-27-52(46)55/h4-37H,3H2,1-2H3. The Kier molecular flexibility index (Phi) is 8.81. The van der Waals surface area contributed by atoms with Crippen LogP contribution in [-0.2, 0) is 5.41 Å². The molecule has 0 radical (unpaired) electrons. The Morgan fingerprint density at radius 2 is 0.891 bits per heavy atom. The number of benzene rings is 8. The van der Waals surface area contributed by atoms with E-state index in [1.165, 1.54) is 77.2 Å². The van der Waals surface area contributed by atoms with Crippen molar-refractivity contribution in [2.24, 2.45) is 0 Å². The molecule has 9 rings (SSSR count). The first kappa shape index (κ1) is 34.0. The summed E-state index contributed by atoms with van der Waals surface area (Å²) in [4.78, 5) is 0. The van der Waals surface area contributed by atoms with E-state index < -0.39 is 5.41 Å². The van der Waals surface area contributed by atoms with Crippen molar-refractivity contribution >= 4 is 27.6 Å². The van der Waals surface area contributed by atoms with Gasteiger partial charge < -0.3 is 0 Å². The molecule has 0 heteroatoms. The monoisotopic (exact) mass is 702 g/mol. The van der Waals surface area contributed by atoms with Gasteiger partial charge in [-0.2, -0.15) is 0 Å². The largest absolute Gasteiger partial charge is 0.0912 e. The van der Waals surface area contributed by atoms with Crippen LogP contribution in [-0.4, -0.2) is 0 Å². The van der Waals surface area contributed by atoms with E-state index in [-0.39, 0.29) is 0 Å². The lowest BCUT2D eigenvalue weighted by Crippen LogP contribution is -2.28. The molecule has 0 bridgehead atoms. The van der Waals surface area contributed by atoms with Crippen molar-refractivity contribution in [1.82, 2.24) is 0 Å². The van der Waals surface area contributed by atoms with Gasteiger partial charge in [-0.25, -0.2) is 0 Å². The molecule has 0 unspecified atom stereocenters. The molecule has 262 valence electrons. The molecule has 8 aromatic rings. The molecule has 0 N–H and O–H groups in total. The molecule has 0 nitrogen and oxygen atoms in total. The molecule has 0 spiro atoms. The summed E-state index contributed by atoms with van der Waals surface area (Å²) in [7, 11) is 0. The third-order valence-corrected chi connectivity index (χ3v) is 11.4. The van der Waals surface area contributed by atoms with Crippen LogP contribution in [0.1, 0.15) is 41.7 Å². The maximum Gasteiger partial charge on any atom is 0.0713 e.